The molecule has 1 amide bonds. The monoisotopic (exact) mass is 576 g/mol. The van der Waals surface area contributed by atoms with E-state index in [0.717, 1.165) is 24.4 Å². The molecule has 0 saturated carbocycles. The summed E-state index contributed by atoms with van der Waals surface area (Å²) in [5.41, 5.74) is -2.25. The van der Waals surface area contributed by atoms with Crippen molar-refractivity contribution in [3.63, 3.8) is 0 Å². The molecule has 1 aromatic carbocycles. The van der Waals surface area contributed by atoms with Gasteiger partial charge >= 0.3 is 30.0 Å². The first-order chi connectivity index (χ1) is 18.7. The van der Waals surface area contributed by atoms with Crippen molar-refractivity contribution in [1.29, 1.82) is 0 Å². The van der Waals surface area contributed by atoms with E-state index < -0.39 is 53.4 Å². The largest absolute Gasteiger partial charge is 0.739 e. The zero-order valence-electron chi connectivity index (χ0n) is 20.0. The Morgan fingerprint density at radius 2 is 1.85 bits per heavy atom. The first-order valence-electron chi connectivity index (χ1n) is 11.4. The van der Waals surface area contributed by atoms with Gasteiger partial charge in [-0.25, -0.2) is 4.73 Å². The number of aromatic nitrogens is 4. The van der Waals surface area contributed by atoms with Crippen molar-refractivity contribution in [1.82, 2.24) is 15.0 Å². The number of alkyl halides is 6. The Hall–Kier alpha value is -4.64. The van der Waals surface area contributed by atoms with Crippen LogP contribution >= 0.6 is 0 Å². The maximum Gasteiger partial charge on any atom is 0.573 e. The van der Waals surface area contributed by atoms with Gasteiger partial charge in [0.15, 0.2) is 5.52 Å². The van der Waals surface area contributed by atoms with Gasteiger partial charge in [0.2, 0.25) is 5.10 Å². The van der Waals surface area contributed by atoms with Crippen LogP contribution in [0.15, 0.2) is 36.5 Å². The predicted molar refractivity (Wildman–Crippen MR) is 119 cm³/mol. The zero-order chi connectivity index (χ0) is 29.2. The third-order valence-electron chi connectivity index (χ3n) is 5.62. The Labute approximate surface area is 219 Å². The number of ether oxygens (including phenoxy) is 2. The minimum absolute atomic E-state index is 0.0509. The Kier molecular flexibility index (Phi) is 7.70. The molecule has 2 aromatic heterocycles. The van der Waals surface area contributed by atoms with Crippen molar-refractivity contribution in [2.24, 2.45) is 0 Å². The number of nitrogens with zero attached hydrogens (tertiary/aromatic N) is 5. The van der Waals surface area contributed by atoms with E-state index in [1.54, 1.807) is 0 Å². The number of pyridine rings is 1. The van der Waals surface area contributed by atoms with Gasteiger partial charge in [-0.15, -0.1) is 13.2 Å². The topological polar surface area (TPSA) is 148 Å². The van der Waals surface area contributed by atoms with E-state index in [1.165, 1.54) is 4.90 Å². The molecule has 0 aliphatic carbocycles. The summed E-state index contributed by atoms with van der Waals surface area (Å²) in [5.74, 6) is -2.68. The number of hydrogen-bond donors (Lipinski definition) is 1. The molecule has 0 spiro atoms. The maximum absolute atomic E-state index is 12.9. The van der Waals surface area contributed by atoms with E-state index in [1.807, 2.05) is 0 Å². The normalized spacial score (nSPS) is 15.8. The highest BCUT2D eigenvalue weighted by Gasteiger charge is 2.35. The minimum atomic E-state index is -5.01. The number of fused-ring (bicyclic) bond motifs is 1. The van der Waals surface area contributed by atoms with Crippen LogP contribution in [-0.4, -0.2) is 59.0 Å². The molecule has 1 aliphatic heterocycles. The molecule has 214 valence electrons. The number of nitrogens with one attached hydrogen (secondary N) is 1. The molecule has 0 bridgehead atoms. The van der Waals surface area contributed by atoms with Crippen molar-refractivity contribution >= 4 is 28.9 Å². The number of hydrogen-bond acceptors (Lipinski definition) is 9. The number of anilines is 1. The minimum Gasteiger partial charge on any atom is -0.739 e. The molecule has 1 atom stereocenters. The van der Waals surface area contributed by atoms with Crippen molar-refractivity contribution in [2.45, 2.75) is 31.5 Å². The van der Waals surface area contributed by atoms with E-state index in [9.17, 15) is 46.3 Å². The van der Waals surface area contributed by atoms with Gasteiger partial charge in [0.25, 0.3) is 5.91 Å². The number of carbonyl (C=O) groups excluding carboxylic acids is 2. The van der Waals surface area contributed by atoms with Gasteiger partial charge in [-0.3, -0.25) is 19.9 Å². The second-order valence-electron chi connectivity index (χ2n) is 8.45. The SMILES string of the molecule is O=C(CCNc1n[n+]([O-])c2cc(OC(F)(F)F)ccc2[n+]1[O-])O[C@H]1CCN(C(=O)c2ccnc(C(F)(F)F)c2)C1. The van der Waals surface area contributed by atoms with Crippen LogP contribution < -0.4 is 19.6 Å². The first-order valence-corrected chi connectivity index (χ1v) is 11.4. The average Bonchev–Trinajstić information content (AvgIpc) is 3.33. The molecule has 0 radical (unpaired) electrons. The molecule has 0 unspecified atom stereocenters. The van der Waals surface area contributed by atoms with Gasteiger partial charge in [0.1, 0.15) is 17.5 Å². The van der Waals surface area contributed by atoms with Crippen LogP contribution in [-0.2, 0) is 15.7 Å². The van der Waals surface area contributed by atoms with E-state index in [0.29, 0.717) is 12.1 Å². The second-order valence-corrected chi connectivity index (χ2v) is 8.45. The highest BCUT2D eigenvalue weighted by atomic mass is 19.4. The fourth-order valence-electron chi connectivity index (χ4n) is 3.86. The molecule has 1 aliphatic rings. The van der Waals surface area contributed by atoms with E-state index in [4.69, 9.17) is 4.74 Å². The van der Waals surface area contributed by atoms with Gasteiger partial charge in [0, 0.05) is 29.6 Å². The van der Waals surface area contributed by atoms with Gasteiger partial charge in [-0.05, 0) is 24.3 Å². The lowest BCUT2D eigenvalue weighted by atomic mass is 10.2. The smallest absolute Gasteiger partial charge is 0.573 e. The number of benzene rings is 1. The predicted octanol–water partition coefficient (Wildman–Crippen LogP) is 2.07. The fraction of sp³-hybridized carbons (Fsp3) is 0.364. The van der Waals surface area contributed by atoms with Crippen LogP contribution in [0.2, 0.25) is 0 Å². The lowest BCUT2D eigenvalue weighted by Gasteiger charge is -2.17. The lowest BCUT2D eigenvalue weighted by Crippen LogP contribution is -2.44. The summed E-state index contributed by atoms with van der Waals surface area (Å²) in [5, 5.41) is 30.5. The summed E-state index contributed by atoms with van der Waals surface area (Å²) >= 11 is 0. The van der Waals surface area contributed by atoms with Crippen LogP contribution in [0, 0.1) is 10.4 Å². The van der Waals surface area contributed by atoms with Gasteiger partial charge in [-0.2, -0.15) is 13.2 Å². The highest BCUT2D eigenvalue weighted by molar-refractivity contribution is 5.94. The Morgan fingerprint density at radius 1 is 1.10 bits per heavy atom. The number of amides is 1. The molecule has 40 heavy (non-hydrogen) atoms. The first kappa shape index (κ1) is 28.4. The maximum atomic E-state index is 12.9. The molecular weight excluding hydrogens is 558 g/mol. The molecule has 4 rings (SSSR count). The van der Waals surface area contributed by atoms with Crippen molar-refractivity contribution in [3.05, 3.63) is 58.2 Å². The summed E-state index contributed by atoms with van der Waals surface area (Å²) < 4.78 is 85.0. The van der Waals surface area contributed by atoms with Crippen LogP contribution in [0.3, 0.4) is 0 Å². The summed E-state index contributed by atoms with van der Waals surface area (Å²) in [6.07, 6.45) is -9.64. The number of likely N-dealkylation sites (tertiary alicyclic amines) is 1. The summed E-state index contributed by atoms with van der Waals surface area (Å²) in [7, 11) is 0. The van der Waals surface area contributed by atoms with Gasteiger partial charge in [0.05, 0.1) is 25.6 Å². The second kappa shape index (κ2) is 10.9. The molecule has 12 nitrogen and oxygen atoms in total. The Bertz CT molecular complexity index is 1440. The third kappa shape index (κ3) is 6.67. The fourth-order valence-corrected chi connectivity index (χ4v) is 3.86. The number of esters is 1. The summed E-state index contributed by atoms with van der Waals surface area (Å²) in [6, 6.07) is 4.24. The molecule has 18 heteroatoms. The van der Waals surface area contributed by atoms with E-state index >= 15 is 0 Å². The van der Waals surface area contributed by atoms with Crippen molar-refractivity contribution in [2.75, 3.05) is 25.0 Å². The molecule has 1 N–H and O–H groups in total. The molecule has 1 fully saturated rings. The quantitative estimate of drug-likeness (QED) is 0.193. The van der Waals surface area contributed by atoms with Crippen molar-refractivity contribution in [3.8, 4) is 5.75 Å². The Morgan fingerprint density at radius 3 is 2.55 bits per heavy atom. The zero-order valence-corrected chi connectivity index (χ0v) is 20.0. The molecule has 3 aromatic rings. The van der Waals surface area contributed by atoms with Gasteiger partial charge in [-0.1, -0.05) is 0 Å². The molecule has 3 heterocycles. The highest BCUT2D eigenvalue weighted by Crippen LogP contribution is 2.28. The molecule has 1 saturated heterocycles. The van der Waals surface area contributed by atoms with E-state index in [2.05, 4.69) is 20.1 Å². The number of rotatable bonds is 7. The number of halogens is 6. The van der Waals surface area contributed by atoms with E-state index in [-0.39, 0.29) is 53.1 Å². The van der Waals surface area contributed by atoms with Gasteiger partial charge < -0.3 is 24.8 Å². The third-order valence-corrected chi connectivity index (χ3v) is 5.62. The Balaban J connectivity index is 1.30. The molecular formula is C22H18F6N6O6. The average molecular weight is 576 g/mol. The van der Waals surface area contributed by atoms with Crippen LogP contribution in [0.25, 0.3) is 11.0 Å². The van der Waals surface area contributed by atoms with Crippen LogP contribution in [0.4, 0.5) is 32.3 Å². The summed E-state index contributed by atoms with van der Waals surface area (Å²) in [6.45, 7) is -0.138. The van der Waals surface area contributed by atoms with Crippen LogP contribution in [0.1, 0.15) is 28.9 Å². The van der Waals surface area contributed by atoms with Crippen molar-refractivity contribution < 1.29 is 55.0 Å². The lowest BCUT2D eigenvalue weighted by molar-refractivity contribution is -0.672. The summed E-state index contributed by atoms with van der Waals surface area (Å²) in [4.78, 5) is 29.2. The standard InChI is InChI=1S/C22H18F6N6O6/c23-21(24,25)17-9-12(3-6-29-17)19(36)32-8-5-14(11-32)39-18(35)4-7-30-20-31-34(38)16-10-13(40-22(26,27)28)1-2-15(16)33(20)37/h1-3,6,9-10,14H,4-5,7-8,11H2,(H,30,31)/t14-/m0/s1. The number of carbonyl (C=O) groups is 2. The van der Waals surface area contributed by atoms with Crippen LogP contribution in [0.5, 0.6) is 5.75 Å².